The summed E-state index contributed by atoms with van der Waals surface area (Å²) in [6.45, 7) is 7.39. The molecule has 31 heavy (non-hydrogen) atoms. The number of benzene rings is 1. The second kappa shape index (κ2) is 9.62. The van der Waals surface area contributed by atoms with E-state index >= 15 is 0 Å². The number of rotatable bonds is 5. The lowest BCUT2D eigenvalue weighted by atomic mass is 9.87. The van der Waals surface area contributed by atoms with E-state index in [0.717, 1.165) is 12.8 Å². The molecule has 0 aromatic heterocycles. The number of aliphatic imine (C=N–C) groups is 1. The van der Waals surface area contributed by atoms with Crippen LogP contribution in [-0.2, 0) is 14.3 Å². The third-order valence-electron chi connectivity index (χ3n) is 5.82. The van der Waals surface area contributed by atoms with Gasteiger partial charge in [0.2, 0.25) is 0 Å². The number of carbonyl (C=O) groups is 3. The molecule has 168 valence electrons. The van der Waals surface area contributed by atoms with Gasteiger partial charge in [-0.1, -0.05) is 31.4 Å². The molecule has 1 saturated carbocycles. The summed E-state index contributed by atoms with van der Waals surface area (Å²) in [4.78, 5) is 41.3. The Bertz CT molecular complexity index is 865. The molecule has 2 aliphatic rings. The molecule has 7 heteroatoms. The monoisotopic (exact) mass is 428 g/mol. The number of nitrogens with one attached hydrogen (secondary N) is 1. The molecular weight excluding hydrogens is 396 g/mol. The van der Waals surface area contributed by atoms with Crippen LogP contribution < -0.4 is 10.1 Å². The summed E-state index contributed by atoms with van der Waals surface area (Å²) in [5, 5.41) is 2.78. The van der Waals surface area contributed by atoms with E-state index in [2.05, 4.69) is 10.3 Å². The third-order valence-corrected chi connectivity index (χ3v) is 5.82. The number of ether oxygens (including phenoxy) is 2. The smallest absolute Gasteiger partial charge is 0.341 e. The fraction of sp³-hybridized carbons (Fsp3) is 0.583. The summed E-state index contributed by atoms with van der Waals surface area (Å²) in [5.41, 5.74) is 0.421. The maximum atomic E-state index is 13.0. The Morgan fingerprint density at radius 2 is 1.87 bits per heavy atom. The number of urea groups is 1. The van der Waals surface area contributed by atoms with Gasteiger partial charge in [0.15, 0.2) is 0 Å². The summed E-state index contributed by atoms with van der Waals surface area (Å²) in [6.07, 6.45) is 5.73. The molecule has 1 aromatic rings. The lowest BCUT2D eigenvalue weighted by molar-refractivity contribution is -0.149. The summed E-state index contributed by atoms with van der Waals surface area (Å²) in [7, 11) is 0. The van der Waals surface area contributed by atoms with Crippen molar-refractivity contribution in [2.24, 2.45) is 22.2 Å². The zero-order valence-electron chi connectivity index (χ0n) is 18.8. The van der Waals surface area contributed by atoms with Gasteiger partial charge in [0, 0.05) is 5.71 Å². The molecule has 1 aliphatic carbocycles. The second-order valence-corrected chi connectivity index (χ2v) is 9.50. The Hall–Kier alpha value is -2.70. The lowest BCUT2D eigenvalue weighted by Gasteiger charge is -2.30. The van der Waals surface area contributed by atoms with Crippen molar-refractivity contribution in [1.82, 2.24) is 5.32 Å². The topological polar surface area (TPSA) is 94.1 Å². The zero-order chi connectivity index (χ0) is 22.6. The molecule has 0 radical (unpaired) electrons. The summed E-state index contributed by atoms with van der Waals surface area (Å²) < 4.78 is 11.1. The number of amides is 2. The van der Waals surface area contributed by atoms with Crippen LogP contribution in [0.15, 0.2) is 29.3 Å². The summed E-state index contributed by atoms with van der Waals surface area (Å²) >= 11 is 0. The Morgan fingerprint density at radius 3 is 2.55 bits per heavy atom. The molecule has 0 bridgehead atoms. The van der Waals surface area contributed by atoms with Gasteiger partial charge in [0.1, 0.15) is 11.7 Å². The van der Waals surface area contributed by atoms with Gasteiger partial charge in [-0.2, -0.15) is 0 Å². The number of carbonyl (C=O) groups excluding carboxylic acids is 3. The normalized spacial score (nSPS) is 22.3. The highest BCUT2D eigenvalue weighted by atomic mass is 16.5. The zero-order valence-corrected chi connectivity index (χ0v) is 18.8. The van der Waals surface area contributed by atoms with Gasteiger partial charge in [-0.25, -0.2) is 9.79 Å². The van der Waals surface area contributed by atoms with E-state index in [4.69, 9.17) is 9.47 Å². The fourth-order valence-electron chi connectivity index (χ4n) is 3.98. The first kappa shape index (κ1) is 23.0. The van der Waals surface area contributed by atoms with E-state index < -0.39 is 29.4 Å². The van der Waals surface area contributed by atoms with Gasteiger partial charge >= 0.3 is 18.0 Å². The molecule has 2 unspecified atom stereocenters. The highest BCUT2D eigenvalue weighted by Gasteiger charge is 2.38. The average Bonchev–Trinajstić information content (AvgIpc) is 2.71. The number of hydrogen-bond acceptors (Lipinski definition) is 5. The van der Waals surface area contributed by atoms with Gasteiger partial charge < -0.3 is 14.8 Å². The third kappa shape index (κ3) is 5.93. The SMILES string of the molecule is CC1=NC(=O)NC(c2cccc(OC(=O)C(C)(C)C)c2)C1C(=O)OCC1CCCCC1. The van der Waals surface area contributed by atoms with E-state index in [-0.39, 0.29) is 5.97 Å². The van der Waals surface area contributed by atoms with Crippen molar-refractivity contribution in [2.75, 3.05) is 6.61 Å². The van der Waals surface area contributed by atoms with Crippen LogP contribution in [0.5, 0.6) is 5.75 Å². The summed E-state index contributed by atoms with van der Waals surface area (Å²) in [6, 6.07) is 5.73. The standard InChI is InChI=1S/C24H32N2O5/c1-15-19(21(27)30-14-16-9-6-5-7-10-16)20(26-23(29)25-15)17-11-8-12-18(13-17)31-22(28)24(2,3)4/h8,11-13,16,19-20H,5-7,9-10,14H2,1-4H3,(H,26,29). The number of nitrogens with zero attached hydrogens (tertiary/aromatic N) is 1. The van der Waals surface area contributed by atoms with Crippen molar-refractivity contribution in [3.63, 3.8) is 0 Å². The minimum absolute atomic E-state index is 0.362. The van der Waals surface area contributed by atoms with Gasteiger partial charge in [-0.3, -0.25) is 9.59 Å². The van der Waals surface area contributed by atoms with Crippen molar-refractivity contribution in [3.8, 4) is 5.75 Å². The van der Waals surface area contributed by atoms with Gasteiger partial charge in [0.25, 0.3) is 0 Å². The van der Waals surface area contributed by atoms with E-state index in [1.807, 2.05) is 0 Å². The molecule has 2 amide bonds. The predicted octanol–water partition coefficient (Wildman–Crippen LogP) is 4.60. The van der Waals surface area contributed by atoms with Crippen molar-refractivity contribution in [2.45, 2.75) is 65.8 Å². The van der Waals surface area contributed by atoms with Crippen LogP contribution in [0.1, 0.15) is 71.4 Å². The average molecular weight is 429 g/mol. The predicted molar refractivity (Wildman–Crippen MR) is 117 cm³/mol. The van der Waals surface area contributed by atoms with Gasteiger partial charge in [0.05, 0.1) is 18.1 Å². The van der Waals surface area contributed by atoms with E-state index in [0.29, 0.717) is 29.5 Å². The first-order chi connectivity index (χ1) is 14.6. The molecule has 3 rings (SSSR count). The van der Waals surface area contributed by atoms with Crippen LogP contribution in [0.4, 0.5) is 4.79 Å². The minimum atomic E-state index is -0.727. The molecule has 1 heterocycles. The largest absolute Gasteiger partial charge is 0.465 e. The molecular formula is C24H32N2O5. The molecule has 1 fully saturated rings. The maximum Gasteiger partial charge on any atom is 0.341 e. The van der Waals surface area contributed by atoms with Crippen LogP contribution >= 0.6 is 0 Å². The Kier molecular flexibility index (Phi) is 7.13. The molecule has 1 aromatic carbocycles. The minimum Gasteiger partial charge on any atom is -0.465 e. The maximum absolute atomic E-state index is 13.0. The highest BCUT2D eigenvalue weighted by molar-refractivity contribution is 6.08. The molecule has 1 aliphatic heterocycles. The first-order valence-corrected chi connectivity index (χ1v) is 11.0. The number of esters is 2. The van der Waals surface area contributed by atoms with E-state index in [1.54, 1.807) is 52.0 Å². The Morgan fingerprint density at radius 1 is 1.16 bits per heavy atom. The van der Waals surface area contributed by atoms with Crippen LogP contribution in [0, 0.1) is 17.3 Å². The lowest BCUT2D eigenvalue weighted by Crippen LogP contribution is -2.44. The van der Waals surface area contributed by atoms with Crippen LogP contribution in [0.25, 0.3) is 0 Å². The summed E-state index contributed by atoms with van der Waals surface area (Å²) in [5.74, 6) is -0.727. The van der Waals surface area contributed by atoms with E-state index in [9.17, 15) is 14.4 Å². The Labute approximate surface area is 183 Å². The van der Waals surface area contributed by atoms with E-state index in [1.165, 1.54) is 19.3 Å². The fourth-order valence-corrected chi connectivity index (χ4v) is 3.98. The molecule has 2 atom stereocenters. The van der Waals surface area contributed by atoms with Crippen molar-refractivity contribution >= 4 is 23.7 Å². The van der Waals surface area contributed by atoms with Crippen molar-refractivity contribution in [1.29, 1.82) is 0 Å². The van der Waals surface area contributed by atoms with Crippen molar-refractivity contribution in [3.05, 3.63) is 29.8 Å². The van der Waals surface area contributed by atoms with Crippen LogP contribution in [0.3, 0.4) is 0 Å². The second-order valence-electron chi connectivity index (χ2n) is 9.50. The molecule has 0 saturated heterocycles. The quantitative estimate of drug-likeness (QED) is 0.546. The van der Waals surface area contributed by atoms with Crippen molar-refractivity contribution < 1.29 is 23.9 Å². The van der Waals surface area contributed by atoms with Gasteiger partial charge in [-0.05, 0) is 64.2 Å². The molecule has 0 spiro atoms. The highest BCUT2D eigenvalue weighted by Crippen LogP contribution is 2.31. The molecule has 7 nitrogen and oxygen atoms in total. The Balaban J connectivity index is 1.78. The first-order valence-electron chi connectivity index (χ1n) is 11.0. The number of hydrogen-bond donors (Lipinski definition) is 1. The van der Waals surface area contributed by atoms with Crippen LogP contribution in [0.2, 0.25) is 0 Å². The molecule has 1 N–H and O–H groups in total. The van der Waals surface area contributed by atoms with Crippen LogP contribution in [-0.4, -0.2) is 30.3 Å². The van der Waals surface area contributed by atoms with Gasteiger partial charge in [-0.15, -0.1) is 0 Å².